The number of benzene rings is 2. The summed E-state index contributed by atoms with van der Waals surface area (Å²) < 4.78 is 5.37. The maximum absolute atomic E-state index is 6.26. The van der Waals surface area contributed by atoms with Crippen molar-refractivity contribution < 1.29 is 4.74 Å². The SMILES string of the molecule is COc1ccccc1CCNCc1ncc(-c2c(Cl)cccc2Cl)s1. The molecule has 0 saturated carbocycles. The second kappa shape index (κ2) is 8.68. The maximum atomic E-state index is 6.26. The number of hydrogen-bond donors (Lipinski definition) is 1. The standard InChI is InChI=1S/C19H18Cl2N2OS/c1-24-16-8-3-2-5-13(16)9-10-22-12-18-23-11-17(25-18)19-14(20)6-4-7-15(19)21/h2-8,11,22H,9-10,12H2,1H3. The van der Waals surface area contributed by atoms with Crippen LogP contribution >= 0.6 is 34.5 Å². The Morgan fingerprint density at radius 3 is 2.60 bits per heavy atom. The molecular weight excluding hydrogens is 375 g/mol. The van der Waals surface area contributed by atoms with Gasteiger partial charge in [0.25, 0.3) is 0 Å². The molecule has 3 nitrogen and oxygen atoms in total. The third-order valence-corrected chi connectivity index (χ3v) is 5.45. The molecule has 0 unspecified atom stereocenters. The van der Waals surface area contributed by atoms with Gasteiger partial charge >= 0.3 is 0 Å². The number of halogens is 2. The van der Waals surface area contributed by atoms with Crippen molar-refractivity contribution in [2.24, 2.45) is 0 Å². The Morgan fingerprint density at radius 1 is 1.08 bits per heavy atom. The Labute approximate surface area is 161 Å². The van der Waals surface area contributed by atoms with Crippen LogP contribution in [-0.4, -0.2) is 18.6 Å². The quantitative estimate of drug-likeness (QED) is 0.542. The van der Waals surface area contributed by atoms with Crippen LogP contribution in [0.15, 0.2) is 48.7 Å². The third-order valence-electron chi connectivity index (χ3n) is 3.80. The largest absolute Gasteiger partial charge is 0.496 e. The van der Waals surface area contributed by atoms with E-state index in [1.54, 1.807) is 18.4 Å². The van der Waals surface area contributed by atoms with Crippen LogP contribution in [0.3, 0.4) is 0 Å². The Bertz CT molecular complexity index is 831. The van der Waals surface area contributed by atoms with Gasteiger partial charge in [0.2, 0.25) is 0 Å². The lowest BCUT2D eigenvalue weighted by Crippen LogP contribution is -2.16. The number of hydrogen-bond acceptors (Lipinski definition) is 4. The summed E-state index contributed by atoms with van der Waals surface area (Å²) in [6.07, 6.45) is 2.73. The lowest BCUT2D eigenvalue weighted by Gasteiger charge is -2.08. The molecule has 6 heteroatoms. The fourth-order valence-electron chi connectivity index (χ4n) is 2.57. The van der Waals surface area contributed by atoms with E-state index in [0.717, 1.165) is 34.2 Å². The van der Waals surface area contributed by atoms with Gasteiger partial charge in [0.05, 0.1) is 22.0 Å². The van der Waals surface area contributed by atoms with Gasteiger partial charge in [-0.3, -0.25) is 0 Å². The van der Waals surface area contributed by atoms with E-state index in [0.29, 0.717) is 16.6 Å². The Kier molecular flexibility index (Phi) is 6.32. The van der Waals surface area contributed by atoms with Gasteiger partial charge in [0, 0.05) is 18.3 Å². The number of para-hydroxylation sites is 1. The van der Waals surface area contributed by atoms with Gasteiger partial charge in [-0.15, -0.1) is 11.3 Å². The zero-order valence-electron chi connectivity index (χ0n) is 13.8. The zero-order valence-corrected chi connectivity index (χ0v) is 16.1. The molecule has 3 rings (SSSR count). The number of aromatic nitrogens is 1. The van der Waals surface area contributed by atoms with Crippen molar-refractivity contribution in [2.75, 3.05) is 13.7 Å². The van der Waals surface area contributed by atoms with Crippen LogP contribution in [0.2, 0.25) is 10.0 Å². The molecule has 0 spiro atoms. The van der Waals surface area contributed by atoms with Gasteiger partial charge in [-0.2, -0.15) is 0 Å². The predicted octanol–water partition coefficient (Wildman–Crippen LogP) is 5.46. The van der Waals surface area contributed by atoms with Gasteiger partial charge in [0.1, 0.15) is 10.8 Å². The summed E-state index contributed by atoms with van der Waals surface area (Å²) in [7, 11) is 1.70. The highest BCUT2D eigenvalue weighted by atomic mass is 35.5. The van der Waals surface area contributed by atoms with E-state index in [4.69, 9.17) is 27.9 Å². The summed E-state index contributed by atoms with van der Waals surface area (Å²) in [6.45, 7) is 1.56. The second-order valence-electron chi connectivity index (χ2n) is 5.45. The summed E-state index contributed by atoms with van der Waals surface area (Å²) in [5.41, 5.74) is 2.05. The van der Waals surface area contributed by atoms with Crippen molar-refractivity contribution in [2.45, 2.75) is 13.0 Å². The number of nitrogens with zero attached hydrogens (tertiary/aromatic N) is 1. The first kappa shape index (κ1) is 18.2. The van der Waals surface area contributed by atoms with Crippen molar-refractivity contribution >= 4 is 34.5 Å². The molecular formula is C19H18Cl2N2OS. The van der Waals surface area contributed by atoms with Crippen molar-refractivity contribution in [1.82, 2.24) is 10.3 Å². The van der Waals surface area contributed by atoms with Crippen LogP contribution in [0.4, 0.5) is 0 Å². The first-order valence-corrected chi connectivity index (χ1v) is 9.48. The molecule has 0 aliphatic heterocycles. The summed E-state index contributed by atoms with van der Waals surface area (Å²) in [5.74, 6) is 0.925. The molecule has 0 saturated heterocycles. The van der Waals surface area contributed by atoms with E-state index < -0.39 is 0 Å². The topological polar surface area (TPSA) is 34.1 Å². The second-order valence-corrected chi connectivity index (χ2v) is 7.38. The average Bonchev–Trinajstić information content (AvgIpc) is 3.07. The van der Waals surface area contributed by atoms with Gasteiger partial charge in [-0.1, -0.05) is 47.5 Å². The number of nitrogens with one attached hydrogen (secondary N) is 1. The first-order chi connectivity index (χ1) is 12.2. The smallest absolute Gasteiger partial charge is 0.122 e. The minimum Gasteiger partial charge on any atom is -0.496 e. The normalized spacial score (nSPS) is 10.8. The number of rotatable bonds is 7. The molecule has 1 heterocycles. The molecule has 0 amide bonds. The van der Waals surface area contributed by atoms with Crippen LogP contribution in [0, 0.1) is 0 Å². The van der Waals surface area contributed by atoms with E-state index in [1.165, 1.54) is 5.56 Å². The number of methoxy groups -OCH3 is 1. The third kappa shape index (κ3) is 4.53. The Balaban J connectivity index is 1.57. The van der Waals surface area contributed by atoms with Crippen LogP contribution in [0.1, 0.15) is 10.6 Å². The molecule has 0 bridgehead atoms. The minimum atomic E-state index is 0.645. The number of ether oxygens (including phenoxy) is 1. The average molecular weight is 393 g/mol. The molecule has 130 valence electrons. The van der Waals surface area contributed by atoms with E-state index >= 15 is 0 Å². The molecule has 0 radical (unpaired) electrons. The van der Waals surface area contributed by atoms with Crippen LogP contribution in [0.25, 0.3) is 10.4 Å². The van der Waals surface area contributed by atoms with E-state index in [1.807, 2.05) is 42.6 Å². The minimum absolute atomic E-state index is 0.645. The van der Waals surface area contributed by atoms with E-state index in [9.17, 15) is 0 Å². The fourth-order valence-corrected chi connectivity index (χ4v) is 4.24. The summed E-state index contributed by atoms with van der Waals surface area (Å²) >= 11 is 14.1. The van der Waals surface area contributed by atoms with Crippen LogP contribution < -0.4 is 10.1 Å². The van der Waals surface area contributed by atoms with E-state index in [2.05, 4.69) is 16.4 Å². The predicted molar refractivity (Wildman–Crippen MR) is 106 cm³/mol. The van der Waals surface area contributed by atoms with Gasteiger partial charge in [-0.25, -0.2) is 4.98 Å². The highest BCUT2D eigenvalue weighted by Crippen LogP contribution is 2.37. The van der Waals surface area contributed by atoms with Gasteiger partial charge < -0.3 is 10.1 Å². The number of thiazole rings is 1. The fraction of sp³-hybridized carbons (Fsp3) is 0.211. The lowest BCUT2D eigenvalue weighted by atomic mass is 10.1. The molecule has 1 aromatic heterocycles. The molecule has 0 aliphatic rings. The summed E-state index contributed by atoms with van der Waals surface area (Å²) in [4.78, 5) is 5.45. The molecule has 3 aromatic rings. The van der Waals surface area contributed by atoms with E-state index in [-0.39, 0.29) is 0 Å². The summed E-state index contributed by atoms with van der Waals surface area (Å²) in [5, 5.41) is 5.72. The Morgan fingerprint density at radius 2 is 1.84 bits per heavy atom. The molecule has 1 N–H and O–H groups in total. The molecule has 0 atom stereocenters. The van der Waals surface area contributed by atoms with Crippen LogP contribution in [-0.2, 0) is 13.0 Å². The zero-order chi connectivity index (χ0) is 17.6. The van der Waals surface area contributed by atoms with Crippen molar-refractivity contribution in [3.05, 3.63) is 69.3 Å². The Hall–Kier alpha value is -1.59. The van der Waals surface area contributed by atoms with Gasteiger partial charge in [-0.05, 0) is 36.7 Å². The van der Waals surface area contributed by atoms with Gasteiger partial charge in [0.15, 0.2) is 0 Å². The lowest BCUT2D eigenvalue weighted by molar-refractivity contribution is 0.409. The van der Waals surface area contributed by atoms with Crippen molar-refractivity contribution in [3.8, 4) is 16.2 Å². The molecule has 25 heavy (non-hydrogen) atoms. The van der Waals surface area contributed by atoms with Crippen LogP contribution in [0.5, 0.6) is 5.75 Å². The highest BCUT2D eigenvalue weighted by Gasteiger charge is 2.11. The van der Waals surface area contributed by atoms with Crippen molar-refractivity contribution in [3.63, 3.8) is 0 Å². The molecule has 0 aliphatic carbocycles. The summed E-state index contributed by atoms with van der Waals surface area (Å²) in [6, 6.07) is 13.6. The maximum Gasteiger partial charge on any atom is 0.122 e. The monoisotopic (exact) mass is 392 g/mol. The first-order valence-electron chi connectivity index (χ1n) is 7.90. The van der Waals surface area contributed by atoms with Crippen molar-refractivity contribution in [1.29, 1.82) is 0 Å². The highest BCUT2D eigenvalue weighted by molar-refractivity contribution is 7.15. The molecule has 2 aromatic carbocycles. The molecule has 0 fully saturated rings.